The normalized spacial score (nSPS) is 12.1. The van der Waals surface area contributed by atoms with Crippen molar-refractivity contribution in [2.45, 2.75) is 26.3 Å². The van der Waals surface area contributed by atoms with Gasteiger partial charge in [0.25, 0.3) is 11.4 Å². The van der Waals surface area contributed by atoms with Crippen LogP contribution >= 0.6 is 0 Å². The number of hydrogen-bond donors (Lipinski definition) is 2. The van der Waals surface area contributed by atoms with Gasteiger partial charge in [0.15, 0.2) is 0 Å². The summed E-state index contributed by atoms with van der Waals surface area (Å²) in [6, 6.07) is 12.5. The number of nitrogens with zero attached hydrogens (tertiary/aromatic N) is 6. The number of rotatable bonds is 6. The molecule has 11 heteroatoms. The molecule has 0 spiro atoms. The Balaban J connectivity index is 1.71. The lowest BCUT2D eigenvalue weighted by molar-refractivity contribution is 0.532. The van der Waals surface area contributed by atoms with Gasteiger partial charge >= 0.3 is 0 Å². The molecule has 35 heavy (non-hydrogen) atoms. The van der Waals surface area contributed by atoms with Gasteiger partial charge in [-0.05, 0) is 30.7 Å². The highest BCUT2D eigenvalue weighted by Gasteiger charge is 2.25. The summed E-state index contributed by atoms with van der Waals surface area (Å²) in [6.07, 6.45) is 1.78. The molecule has 0 aliphatic rings. The van der Waals surface area contributed by atoms with Gasteiger partial charge in [-0.1, -0.05) is 31.2 Å². The first-order chi connectivity index (χ1) is 17.0. The van der Waals surface area contributed by atoms with Crippen molar-refractivity contribution in [1.29, 1.82) is 0 Å². The Morgan fingerprint density at radius 3 is 2.63 bits per heavy atom. The van der Waals surface area contributed by atoms with E-state index >= 15 is 0 Å². The summed E-state index contributed by atoms with van der Waals surface area (Å²) in [5.41, 5.74) is 6.65. The Kier molecular flexibility index (Phi) is 5.65. The molecule has 3 N–H and O–H groups in total. The van der Waals surface area contributed by atoms with Crippen LogP contribution < -0.4 is 16.6 Å². The van der Waals surface area contributed by atoms with Crippen LogP contribution in [0.2, 0.25) is 0 Å². The first kappa shape index (κ1) is 22.1. The number of halogens is 1. The van der Waals surface area contributed by atoms with Crippen LogP contribution in [-0.4, -0.2) is 29.7 Å². The first-order valence-corrected chi connectivity index (χ1v) is 10.9. The highest BCUT2D eigenvalue weighted by atomic mass is 19.1. The number of para-hydroxylation sites is 2. The quantitative estimate of drug-likeness (QED) is 0.378. The highest BCUT2D eigenvalue weighted by Crippen LogP contribution is 2.33. The van der Waals surface area contributed by atoms with E-state index in [1.165, 1.54) is 17.0 Å². The molecule has 3 heterocycles. The van der Waals surface area contributed by atoms with Gasteiger partial charge in [0.2, 0.25) is 5.89 Å². The van der Waals surface area contributed by atoms with E-state index in [1.807, 2.05) is 6.92 Å². The molecule has 2 aromatic carbocycles. The summed E-state index contributed by atoms with van der Waals surface area (Å²) in [5.74, 6) is 0.721. The predicted molar refractivity (Wildman–Crippen MR) is 128 cm³/mol. The molecule has 0 saturated heterocycles. The Morgan fingerprint density at radius 2 is 1.89 bits per heavy atom. The van der Waals surface area contributed by atoms with E-state index in [9.17, 15) is 9.18 Å². The monoisotopic (exact) mass is 472 g/mol. The molecule has 10 nitrogen and oxygen atoms in total. The average Bonchev–Trinajstić information content (AvgIpc) is 3.29. The highest BCUT2D eigenvalue weighted by molar-refractivity contribution is 5.79. The van der Waals surface area contributed by atoms with Gasteiger partial charge in [0.1, 0.15) is 35.2 Å². The third-order valence-electron chi connectivity index (χ3n) is 5.54. The van der Waals surface area contributed by atoms with Crippen molar-refractivity contribution in [3.63, 3.8) is 0 Å². The molecule has 0 amide bonds. The largest absolute Gasteiger partial charge is 0.421 e. The van der Waals surface area contributed by atoms with Crippen molar-refractivity contribution in [1.82, 2.24) is 29.7 Å². The Morgan fingerprint density at radius 1 is 1.11 bits per heavy atom. The maximum Gasteiger partial charge on any atom is 0.266 e. The van der Waals surface area contributed by atoms with Gasteiger partial charge < -0.3 is 15.5 Å². The van der Waals surface area contributed by atoms with Gasteiger partial charge in [-0.3, -0.25) is 9.36 Å². The van der Waals surface area contributed by atoms with Crippen LogP contribution in [-0.2, 0) is 0 Å². The van der Waals surface area contributed by atoms with Crippen LogP contribution in [0.3, 0.4) is 0 Å². The predicted octanol–water partition coefficient (Wildman–Crippen LogP) is 3.82. The smallest absolute Gasteiger partial charge is 0.266 e. The van der Waals surface area contributed by atoms with Crippen LogP contribution in [0.5, 0.6) is 0 Å². The molecular formula is C24H21FN8O2. The molecule has 0 aliphatic carbocycles. The summed E-state index contributed by atoms with van der Waals surface area (Å²) >= 11 is 0. The van der Waals surface area contributed by atoms with Gasteiger partial charge in [0, 0.05) is 6.92 Å². The van der Waals surface area contributed by atoms with Crippen LogP contribution in [0.25, 0.3) is 28.0 Å². The maximum atomic E-state index is 14.9. The number of fused-ring (bicyclic) bond motifs is 1. The third-order valence-corrected chi connectivity index (χ3v) is 5.54. The third kappa shape index (κ3) is 3.97. The van der Waals surface area contributed by atoms with E-state index in [0.717, 1.165) is 0 Å². The fourth-order valence-corrected chi connectivity index (χ4v) is 3.88. The second-order valence-corrected chi connectivity index (χ2v) is 7.79. The van der Waals surface area contributed by atoms with E-state index in [0.29, 0.717) is 40.4 Å². The minimum absolute atomic E-state index is 0.0981. The second kappa shape index (κ2) is 8.93. The Labute approximate surface area is 198 Å². The average molecular weight is 472 g/mol. The van der Waals surface area contributed by atoms with Crippen LogP contribution in [0.1, 0.15) is 31.1 Å². The summed E-state index contributed by atoms with van der Waals surface area (Å²) < 4.78 is 21.7. The molecule has 0 aliphatic heterocycles. The zero-order valence-corrected chi connectivity index (χ0v) is 18.9. The molecule has 176 valence electrons. The van der Waals surface area contributed by atoms with Crippen molar-refractivity contribution in [2.75, 3.05) is 11.1 Å². The molecule has 0 bridgehead atoms. The van der Waals surface area contributed by atoms with E-state index in [1.54, 1.807) is 49.4 Å². The summed E-state index contributed by atoms with van der Waals surface area (Å²) in [5, 5.41) is 11.6. The number of aryl methyl sites for hydroxylation is 1. The molecule has 1 unspecified atom stereocenters. The fraction of sp³-hybridized carbons (Fsp3) is 0.167. The molecular weight excluding hydrogens is 451 g/mol. The van der Waals surface area contributed by atoms with E-state index in [4.69, 9.17) is 15.1 Å². The maximum absolute atomic E-state index is 14.9. The number of anilines is 2. The Hall–Kier alpha value is -4.67. The van der Waals surface area contributed by atoms with E-state index < -0.39 is 11.9 Å². The number of aromatic nitrogens is 6. The lowest BCUT2D eigenvalue weighted by atomic mass is 10.1. The molecule has 5 rings (SSSR count). The zero-order valence-electron chi connectivity index (χ0n) is 18.9. The lowest BCUT2D eigenvalue weighted by Gasteiger charge is -2.23. The van der Waals surface area contributed by atoms with Gasteiger partial charge in [-0.2, -0.15) is 0 Å². The SMILES string of the molecule is CCC(Nc1ncnc(N)c1-c1nnc(C)o1)c1nc2ccccc2c(=O)n1-c1ccccc1F. The number of nitrogens with one attached hydrogen (secondary N) is 1. The minimum atomic E-state index is -0.566. The fourth-order valence-electron chi connectivity index (χ4n) is 3.88. The molecule has 5 aromatic rings. The molecule has 0 radical (unpaired) electrons. The number of benzene rings is 2. The molecule has 0 fully saturated rings. The lowest BCUT2D eigenvalue weighted by Crippen LogP contribution is -2.29. The van der Waals surface area contributed by atoms with Crippen LogP contribution in [0.4, 0.5) is 16.0 Å². The molecule has 0 saturated carbocycles. The van der Waals surface area contributed by atoms with Crippen LogP contribution in [0.15, 0.2) is 64.1 Å². The van der Waals surface area contributed by atoms with E-state index in [2.05, 4.69) is 25.5 Å². The first-order valence-electron chi connectivity index (χ1n) is 10.9. The number of hydrogen-bond acceptors (Lipinski definition) is 9. The zero-order chi connectivity index (χ0) is 24.5. The van der Waals surface area contributed by atoms with E-state index in [-0.39, 0.29) is 23.0 Å². The number of nitrogen functional groups attached to an aromatic ring is 1. The summed E-state index contributed by atoms with van der Waals surface area (Å²) in [4.78, 5) is 26.7. The van der Waals surface area contributed by atoms with Gasteiger partial charge in [-0.25, -0.2) is 19.3 Å². The molecule has 3 aromatic heterocycles. The van der Waals surface area contributed by atoms with Crippen LogP contribution in [0, 0.1) is 12.7 Å². The summed E-state index contributed by atoms with van der Waals surface area (Å²) in [7, 11) is 0. The van der Waals surface area contributed by atoms with Gasteiger partial charge in [-0.15, -0.1) is 10.2 Å². The second-order valence-electron chi connectivity index (χ2n) is 7.79. The van der Waals surface area contributed by atoms with Crippen molar-refractivity contribution in [3.05, 3.63) is 82.7 Å². The van der Waals surface area contributed by atoms with Crippen molar-refractivity contribution in [3.8, 4) is 17.1 Å². The molecule has 1 atom stereocenters. The van der Waals surface area contributed by atoms with Gasteiger partial charge in [0.05, 0.1) is 22.6 Å². The summed E-state index contributed by atoms with van der Waals surface area (Å²) in [6.45, 7) is 3.57. The van der Waals surface area contributed by atoms with Crippen molar-refractivity contribution in [2.24, 2.45) is 0 Å². The minimum Gasteiger partial charge on any atom is -0.421 e. The topological polar surface area (TPSA) is 138 Å². The van der Waals surface area contributed by atoms with Crippen molar-refractivity contribution < 1.29 is 8.81 Å². The van der Waals surface area contributed by atoms with Crippen molar-refractivity contribution >= 4 is 22.5 Å². The Bertz CT molecular complexity index is 1600. The number of nitrogens with two attached hydrogens (primary N) is 1. The standard InChI is InChI=1S/C24H21FN8O2/c1-3-16(29-21-19(20(26)27-12-28-21)23-32-31-13(2)35-23)22-30-17-10-6-4-8-14(17)24(34)33(22)18-11-7-5-9-15(18)25/h4-12,16H,3H2,1-2H3,(H3,26,27,28,29).